The number of aromatic nitrogens is 1. The summed E-state index contributed by atoms with van der Waals surface area (Å²) in [5.41, 5.74) is 0.516. The first kappa shape index (κ1) is 15.7. The highest BCUT2D eigenvalue weighted by molar-refractivity contribution is 6.30. The van der Waals surface area contributed by atoms with E-state index in [-0.39, 0.29) is 17.8 Å². The van der Waals surface area contributed by atoms with Crippen LogP contribution in [0.2, 0.25) is 5.02 Å². The smallest absolute Gasteiger partial charge is 0.271 e. The summed E-state index contributed by atoms with van der Waals surface area (Å²) in [7, 11) is 0. The van der Waals surface area contributed by atoms with Gasteiger partial charge in [0.05, 0.1) is 15.6 Å². The molecule has 22 heavy (non-hydrogen) atoms. The first-order chi connectivity index (χ1) is 10.4. The van der Waals surface area contributed by atoms with Crippen molar-refractivity contribution in [2.45, 2.75) is 13.5 Å². The number of hydrogen-bond acceptors (Lipinski definition) is 4. The number of nitro groups is 1. The number of nitro benzene ring substituents is 1. The zero-order chi connectivity index (χ0) is 16.3. The number of rotatable bonds is 4. The van der Waals surface area contributed by atoms with Crippen LogP contribution in [0.1, 0.15) is 5.56 Å². The molecule has 1 heterocycles. The van der Waals surface area contributed by atoms with Gasteiger partial charge in [0, 0.05) is 24.4 Å². The number of nitrogens with zero attached hydrogens (tertiary/aromatic N) is 2. The monoisotopic (exact) mass is 321 g/mol. The number of carbonyl (C=O) groups excluding carboxylic acids is 1. The Morgan fingerprint density at radius 2 is 2.09 bits per heavy atom. The fraction of sp³-hybridized carbons (Fsp3) is 0.143. The molecule has 1 aromatic carbocycles. The van der Waals surface area contributed by atoms with Gasteiger partial charge in [-0.05, 0) is 18.6 Å². The fourth-order valence-electron chi connectivity index (χ4n) is 1.83. The minimum Gasteiger partial charge on any atom is -0.324 e. The molecule has 0 unspecified atom stereocenters. The minimum absolute atomic E-state index is 0.124. The van der Waals surface area contributed by atoms with Crippen molar-refractivity contribution >= 4 is 28.9 Å². The number of benzene rings is 1. The van der Waals surface area contributed by atoms with Gasteiger partial charge in [-0.25, -0.2) is 0 Å². The molecule has 0 bridgehead atoms. The lowest BCUT2D eigenvalue weighted by atomic mass is 10.2. The minimum atomic E-state index is -0.545. The molecule has 2 aromatic rings. The van der Waals surface area contributed by atoms with Gasteiger partial charge < -0.3 is 9.88 Å². The second kappa shape index (κ2) is 6.40. The van der Waals surface area contributed by atoms with Crippen LogP contribution in [0.3, 0.4) is 0 Å². The zero-order valence-corrected chi connectivity index (χ0v) is 12.3. The molecule has 0 aliphatic rings. The highest BCUT2D eigenvalue weighted by Gasteiger charge is 2.12. The van der Waals surface area contributed by atoms with Gasteiger partial charge in [0.1, 0.15) is 6.54 Å². The van der Waals surface area contributed by atoms with Gasteiger partial charge in [0.2, 0.25) is 5.91 Å². The Bertz CT molecular complexity index is 801. The van der Waals surface area contributed by atoms with Crippen molar-refractivity contribution in [1.82, 2.24) is 4.57 Å². The zero-order valence-electron chi connectivity index (χ0n) is 11.6. The third-order valence-electron chi connectivity index (χ3n) is 2.97. The second-order valence-corrected chi connectivity index (χ2v) is 5.05. The number of hydrogen-bond donors (Lipinski definition) is 1. The van der Waals surface area contributed by atoms with Crippen molar-refractivity contribution in [1.29, 1.82) is 0 Å². The summed E-state index contributed by atoms with van der Waals surface area (Å²) in [4.78, 5) is 33.8. The lowest BCUT2D eigenvalue weighted by molar-refractivity contribution is -0.384. The van der Waals surface area contributed by atoms with E-state index in [1.165, 1.54) is 30.5 Å². The average molecular weight is 322 g/mol. The molecule has 0 aliphatic carbocycles. The van der Waals surface area contributed by atoms with Gasteiger partial charge in [-0.3, -0.25) is 19.7 Å². The van der Waals surface area contributed by atoms with Gasteiger partial charge >= 0.3 is 0 Å². The number of non-ortho nitro benzene ring substituents is 1. The molecular weight excluding hydrogens is 310 g/mol. The van der Waals surface area contributed by atoms with Crippen LogP contribution >= 0.6 is 11.6 Å². The number of carbonyl (C=O) groups is 1. The lowest BCUT2D eigenvalue weighted by Crippen LogP contribution is -2.26. The topological polar surface area (TPSA) is 94.2 Å². The first-order valence-electron chi connectivity index (χ1n) is 6.27. The third-order valence-corrected chi connectivity index (χ3v) is 3.19. The molecule has 0 spiro atoms. The summed E-state index contributed by atoms with van der Waals surface area (Å²) in [5, 5.41) is 13.6. The quantitative estimate of drug-likeness (QED) is 0.690. The van der Waals surface area contributed by atoms with Gasteiger partial charge in [0.15, 0.2) is 0 Å². The molecule has 1 amide bonds. The number of aryl methyl sites for hydroxylation is 1. The number of pyridine rings is 1. The summed E-state index contributed by atoms with van der Waals surface area (Å²) in [6.45, 7) is 1.48. The van der Waals surface area contributed by atoms with Gasteiger partial charge in [-0.1, -0.05) is 17.7 Å². The maximum absolute atomic E-state index is 12.0. The highest BCUT2D eigenvalue weighted by Crippen LogP contribution is 2.21. The van der Waals surface area contributed by atoms with Gasteiger partial charge in [0.25, 0.3) is 11.2 Å². The molecule has 0 saturated carbocycles. The third kappa shape index (κ3) is 3.70. The molecule has 114 valence electrons. The summed E-state index contributed by atoms with van der Waals surface area (Å²) >= 11 is 5.77. The van der Waals surface area contributed by atoms with E-state index >= 15 is 0 Å². The summed E-state index contributed by atoms with van der Waals surface area (Å²) in [5.74, 6) is -0.479. The molecule has 0 fully saturated rings. The predicted molar refractivity (Wildman–Crippen MR) is 82.2 cm³/mol. The Balaban J connectivity index is 2.19. The number of amides is 1. The number of halogens is 1. The van der Waals surface area contributed by atoms with E-state index < -0.39 is 10.8 Å². The molecule has 0 radical (unpaired) electrons. The summed E-state index contributed by atoms with van der Waals surface area (Å²) in [6, 6.07) is 6.86. The Morgan fingerprint density at radius 1 is 1.36 bits per heavy atom. The number of anilines is 1. The van der Waals surface area contributed by atoms with E-state index in [4.69, 9.17) is 11.6 Å². The van der Waals surface area contributed by atoms with Crippen LogP contribution in [0.5, 0.6) is 0 Å². The van der Waals surface area contributed by atoms with Crippen LogP contribution in [0.4, 0.5) is 11.4 Å². The molecular formula is C14H12ClN3O4. The van der Waals surface area contributed by atoms with E-state index in [2.05, 4.69) is 5.32 Å². The molecule has 0 atom stereocenters. The van der Waals surface area contributed by atoms with E-state index in [1.807, 2.05) is 0 Å². The van der Waals surface area contributed by atoms with Crippen LogP contribution in [-0.2, 0) is 11.3 Å². The van der Waals surface area contributed by atoms with Crippen LogP contribution in [0, 0.1) is 17.0 Å². The van der Waals surface area contributed by atoms with Crippen LogP contribution in [0.25, 0.3) is 0 Å². The van der Waals surface area contributed by atoms with Crippen molar-refractivity contribution in [3.8, 4) is 0 Å². The molecule has 1 N–H and O–H groups in total. The van der Waals surface area contributed by atoms with Crippen LogP contribution in [-0.4, -0.2) is 15.4 Å². The van der Waals surface area contributed by atoms with Gasteiger partial charge in [-0.15, -0.1) is 0 Å². The highest BCUT2D eigenvalue weighted by atomic mass is 35.5. The first-order valence-corrected chi connectivity index (χ1v) is 6.65. The van der Waals surface area contributed by atoms with E-state index in [1.54, 1.807) is 13.0 Å². The Kier molecular flexibility index (Phi) is 4.57. The van der Waals surface area contributed by atoms with E-state index in [0.717, 1.165) is 4.57 Å². The maximum Gasteiger partial charge on any atom is 0.271 e. The van der Waals surface area contributed by atoms with E-state index in [9.17, 15) is 19.7 Å². The Morgan fingerprint density at radius 3 is 2.77 bits per heavy atom. The largest absolute Gasteiger partial charge is 0.324 e. The van der Waals surface area contributed by atoms with Crippen molar-refractivity contribution in [2.75, 3.05) is 5.32 Å². The van der Waals surface area contributed by atoms with Crippen molar-refractivity contribution in [3.63, 3.8) is 0 Å². The molecule has 2 rings (SSSR count). The second-order valence-electron chi connectivity index (χ2n) is 4.62. The van der Waals surface area contributed by atoms with Crippen molar-refractivity contribution in [3.05, 3.63) is 67.6 Å². The van der Waals surface area contributed by atoms with Crippen LogP contribution < -0.4 is 10.9 Å². The van der Waals surface area contributed by atoms with E-state index in [0.29, 0.717) is 16.3 Å². The van der Waals surface area contributed by atoms with Crippen molar-refractivity contribution in [2.24, 2.45) is 0 Å². The lowest BCUT2D eigenvalue weighted by Gasteiger charge is -2.09. The maximum atomic E-state index is 12.0. The molecule has 8 heteroatoms. The predicted octanol–water partition coefficient (Wildman–Crippen LogP) is 2.36. The summed E-state index contributed by atoms with van der Waals surface area (Å²) < 4.78 is 1.16. The van der Waals surface area contributed by atoms with Crippen LogP contribution in [0.15, 0.2) is 41.3 Å². The molecule has 7 nitrogen and oxygen atoms in total. The molecule has 1 aromatic heterocycles. The Hall–Kier alpha value is -2.67. The fourth-order valence-corrected chi connectivity index (χ4v) is 2.01. The normalized spacial score (nSPS) is 10.3. The van der Waals surface area contributed by atoms with Gasteiger partial charge in [-0.2, -0.15) is 0 Å². The average Bonchev–Trinajstić information content (AvgIpc) is 2.45. The SMILES string of the molecule is Cc1ccc([N+](=O)[O-])cc1NC(=O)Cn1cc(Cl)ccc1=O. The molecule has 0 saturated heterocycles. The standard InChI is InChI=1S/C14H12ClN3O4/c1-9-2-4-11(18(21)22)6-12(9)16-13(19)8-17-7-10(15)3-5-14(17)20/h2-7H,8H2,1H3,(H,16,19). The van der Waals surface area contributed by atoms with Crippen molar-refractivity contribution < 1.29 is 9.72 Å². The Labute approximate surface area is 130 Å². The summed E-state index contributed by atoms with van der Waals surface area (Å²) in [6.07, 6.45) is 1.35. The number of nitrogens with one attached hydrogen (secondary N) is 1. The molecule has 0 aliphatic heterocycles.